The summed E-state index contributed by atoms with van der Waals surface area (Å²) < 4.78 is 0. The van der Waals surface area contributed by atoms with Gasteiger partial charge >= 0.3 is 0 Å². The van der Waals surface area contributed by atoms with Gasteiger partial charge in [-0.3, -0.25) is 0 Å². The second-order valence-electron chi connectivity index (χ2n) is 4.97. The monoisotopic (exact) mass is 249 g/mol. The average Bonchev–Trinajstić information content (AvgIpc) is 2.39. The van der Waals surface area contributed by atoms with Gasteiger partial charge in [0.1, 0.15) is 5.82 Å². The van der Waals surface area contributed by atoms with Crippen molar-refractivity contribution in [1.82, 2.24) is 14.9 Å². The normalized spacial score (nSPS) is 20.2. The Hall–Kier alpha value is -1.36. The zero-order valence-electron chi connectivity index (χ0n) is 11.6. The summed E-state index contributed by atoms with van der Waals surface area (Å²) in [5.41, 5.74) is 0. The van der Waals surface area contributed by atoms with Gasteiger partial charge in [-0.15, -0.1) is 0 Å². The summed E-state index contributed by atoms with van der Waals surface area (Å²) in [5.74, 6) is 1.76. The minimum atomic E-state index is 0.622. The maximum absolute atomic E-state index is 4.57. The molecule has 5 nitrogen and oxygen atoms in total. The number of hydrogen-bond donors (Lipinski definition) is 1. The molecule has 1 N–H and O–H groups in total. The van der Waals surface area contributed by atoms with Crippen molar-refractivity contribution >= 4 is 11.8 Å². The van der Waals surface area contributed by atoms with Crippen molar-refractivity contribution in [2.45, 2.75) is 25.8 Å². The van der Waals surface area contributed by atoms with Crippen molar-refractivity contribution < 1.29 is 0 Å². The van der Waals surface area contributed by atoms with E-state index in [0.717, 1.165) is 31.4 Å². The molecule has 0 saturated carbocycles. The van der Waals surface area contributed by atoms with Crippen LogP contribution in [0.4, 0.5) is 11.8 Å². The predicted octanol–water partition coefficient (Wildman–Crippen LogP) is 1.44. The van der Waals surface area contributed by atoms with E-state index >= 15 is 0 Å². The Bertz CT molecular complexity index is 379. The van der Waals surface area contributed by atoms with E-state index in [1.54, 1.807) is 0 Å². The van der Waals surface area contributed by atoms with Crippen molar-refractivity contribution in [3.05, 3.63) is 12.3 Å². The molecule has 2 rings (SSSR count). The molecule has 1 aliphatic rings. The third-order valence-corrected chi connectivity index (χ3v) is 3.43. The molecule has 0 aliphatic carbocycles. The predicted molar refractivity (Wildman–Crippen MR) is 75.1 cm³/mol. The molecular formula is C13H23N5. The van der Waals surface area contributed by atoms with E-state index in [1.807, 2.05) is 12.3 Å². The van der Waals surface area contributed by atoms with Crippen molar-refractivity contribution in [3.63, 3.8) is 0 Å². The number of nitrogens with one attached hydrogen (secondary N) is 1. The van der Waals surface area contributed by atoms with Gasteiger partial charge in [0.2, 0.25) is 5.95 Å². The summed E-state index contributed by atoms with van der Waals surface area (Å²) in [7, 11) is 4.30. The highest BCUT2D eigenvalue weighted by molar-refractivity contribution is 5.43. The molecule has 0 bridgehead atoms. The smallest absolute Gasteiger partial charge is 0.224 e. The fourth-order valence-electron chi connectivity index (χ4n) is 2.35. The second-order valence-corrected chi connectivity index (χ2v) is 4.97. The quantitative estimate of drug-likeness (QED) is 0.874. The van der Waals surface area contributed by atoms with E-state index in [0.29, 0.717) is 6.04 Å². The SMILES string of the molecule is CCNc1nccc(N2CCCC(N(C)C)C2)n1. The molecular weight excluding hydrogens is 226 g/mol. The first-order chi connectivity index (χ1) is 8.70. The van der Waals surface area contributed by atoms with E-state index in [-0.39, 0.29) is 0 Å². The summed E-state index contributed by atoms with van der Waals surface area (Å²) in [5, 5.41) is 3.16. The molecule has 1 aliphatic heterocycles. The molecule has 1 atom stereocenters. The van der Waals surface area contributed by atoms with Crippen LogP contribution in [0, 0.1) is 0 Å². The molecule has 0 aromatic carbocycles. The van der Waals surface area contributed by atoms with E-state index in [4.69, 9.17) is 0 Å². The Morgan fingerprint density at radius 1 is 1.50 bits per heavy atom. The Balaban J connectivity index is 2.08. The molecule has 0 amide bonds. The Labute approximate surface area is 109 Å². The molecule has 1 aromatic rings. The first kappa shape index (κ1) is 13.1. The first-order valence-corrected chi connectivity index (χ1v) is 6.69. The lowest BCUT2D eigenvalue weighted by atomic mass is 10.1. The van der Waals surface area contributed by atoms with Crippen molar-refractivity contribution in [3.8, 4) is 0 Å². The molecule has 1 aromatic heterocycles. The fourth-order valence-corrected chi connectivity index (χ4v) is 2.35. The van der Waals surface area contributed by atoms with Crippen LogP contribution in [-0.2, 0) is 0 Å². The Kier molecular flexibility index (Phi) is 4.36. The van der Waals surface area contributed by atoms with Gasteiger partial charge in [-0.25, -0.2) is 4.98 Å². The van der Waals surface area contributed by atoms with Crippen molar-refractivity contribution in [2.75, 3.05) is 43.9 Å². The van der Waals surface area contributed by atoms with Gasteiger partial charge < -0.3 is 15.1 Å². The fraction of sp³-hybridized carbons (Fsp3) is 0.692. The molecule has 5 heteroatoms. The third kappa shape index (κ3) is 3.10. The standard InChI is InChI=1S/C13H23N5/c1-4-14-13-15-8-7-12(16-13)18-9-5-6-11(10-18)17(2)3/h7-8,11H,4-6,9-10H2,1-3H3,(H,14,15,16). The van der Waals surface area contributed by atoms with Crippen LogP contribution in [0.2, 0.25) is 0 Å². The van der Waals surface area contributed by atoms with Gasteiger partial charge in [0.25, 0.3) is 0 Å². The molecule has 0 spiro atoms. The molecule has 1 saturated heterocycles. The van der Waals surface area contributed by atoms with Crippen LogP contribution in [0.5, 0.6) is 0 Å². The zero-order chi connectivity index (χ0) is 13.0. The van der Waals surface area contributed by atoms with E-state index in [9.17, 15) is 0 Å². The minimum Gasteiger partial charge on any atom is -0.355 e. The second kappa shape index (κ2) is 6.00. The summed E-state index contributed by atoms with van der Waals surface area (Å²) >= 11 is 0. The highest BCUT2D eigenvalue weighted by Crippen LogP contribution is 2.20. The Morgan fingerprint density at radius 3 is 3.06 bits per heavy atom. The van der Waals surface area contributed by atoms with E-state index < -0.39 is 0 Å². The van der Waals surface area contributed by atoms with Crippen LogP contribution in [0.3, 0.4) is 0 Å². The molecule has 100 valence electrons. The molecule has 1 unspecified atom stereocenters. The number of nitrogens with zero attached hydrogens (tertiary/aromatic N) is 4. The lowest BCUT2D eigenvalue weighted by molar-refractivity contribution is 0.257. The number of anilines is 2. The third-order valence-electron chi connectivity index (χ3n) is 3.43. The summed E-state index contributed by atoms with van der Waals surface area (Å²) in [6, 6.07) is 2.62. The van der Waals surface area contributed by atoms with Crippen LogP contribution in [-0.4, -0.2) is 54.6 Å². The maximum Gasteiger partial charge on any atom is 0.224 e. The van der Waals surface area contributed by atoms with Gasteiger partial charge in [0, 0.05) is 31.9 Å². The van der Waals surface area contributed by atoms with Crippen molar-refractivity contribution in [1.29, 1.82) is 0 Å². The van der Waals surface area contributed by atoms with Gasteiger partial charge in [0.15, 0.2) is 0 Å². The van der Waals surface area contributed by atoms with Crippen LogP contribution in [0.25, 0.3) is 0 Å². The van der Waals surface area contributed by atoms with Crippen molar-refractivity contribution in [2.24, 2.45) is 0 Å². The van der Waals surface area contributed by atoms with Gasteiger partial charge in [-0.2, -0.15) is 4.98 Å². The lowest BCUT2D eigenvalue weighted by Crippen LogP contribution is -2.45. The largest absolute Gasteiger partial charge is 0.355 e. The highest BCUT2D eigenvalue weighted by atomic mass is 15.3. The van der Waals surface area contributed by atoms with Gasteiger partial charge in [-0.05, 0) is 39.9 Å². The number of rotatable bonds is 4. The number of hydrogen-bond acceptors (Lipinski definition) is 5. The topological polar surface area (TPSA) is 44.3 Å². The Morgan fingerprint density at radius 2 is 2.33 bits per heavy atom. The number of likely N-dealkylation sites (N-methyl/N-ethyl adjacent to an activating group) is 1. The summed E-state index contributed by atoms with van der Waals surface area (Å²) in [6.45, 7) is 5.05. The van der Waals surface area contributed by atoms with Crippen LogP contribution in [0.1, 0.15) is 19.8 Å². The number of aromatic nitrogens is 2. The molecule has 18 heavy (non-hydrogen) atoms. The number of piperidine rings is 1. The van der Waals surface area contributed by atoms with E-state index in [2.05, 4.69) is 46.1 Å². The summed E-state index contributed by atoms with van der Waals surface area (Å²) in [4.78, 5) is 13.4. The van der Waals surface area contributed by atoms with Crippen LogP contribution in [0.15, 0.2) is 12.3 Å². The summed E-state index contributed by atoms with van der Waals surface area (Å²) in [6.07, 6.45) is 4.33. The average molecular weight is 249 g/mol. The van der Waals surface area contributed by atoms with Gasteiger partial charge in [-0.1, -0.05) is 0 Å². The van der Waals surface area contributed by atoms with Crippen LogP contribution >= 0.6 is 0 Å². The lowest BCUT2D eigenvalue weighted by Gasteiger charge is -2.36. The minimum absolute atomic E-state index is 0.622. The maximum atomic E-state index is 4.57. The van der Waals surface area contributed by atoms with Crippen LogP contribution < -0.4 is 10.2 Å². The molecule has 1 fully saturated rings. The van der Waals surface area contributed by atoms with E-state index in [1.165, 1.54) is 12.8 Å². The molecule has 2 heterocycles. The highest BCUT2D eigenvalue weighted by Gasteiger charge is 2.22. The zero-order valence-corrected chi connectivity index (χ0v) is 11.6. The molecule has 0 radical (unpaired) electrons. The van der Waals surface area contributed by atoms with Gasteiger partial charge in [0.05, 0.1) is 0 Å². The first-order valence-electron chi connectivity index (χ1n) is 6.69.